The van der Waals surface area contributed by atoms with Crippen LogP contribution >= 0.6 is 0 Å². The van der Waals surface area contributed by atoms with Crippen molar-refractivity contribution in [1.29, 1.82) is 5.26 Å². The third kappa shape index (κ3) is 3.47. The van der Waals surface area contributed by atoms with Crippen molar-refractivity contribution >= 4 is 55.0 Å². The molecule has 0 unspecified atom stereocenters. The predicted octanol–water partition coefficient (Wildman–Crippen LogP) is 8.63. The van der Waals surface area contributed by atoms with Crippen molar-refractivity contribution in [3.8, 4) is 6.07 Å². The summed E-state index contributed by atoms with van der Waals surface area (Å²) in [4.78, 5) is 5.22. The summed E-state index contributed by atoms with van der Waals surface area (Å²) >= 11 is 0. The summed E-state index contributed by atoms with van der Waals surface area (Å²) < 4.78 is 0. The molecule has 0 atom stereocenters. The summed E-state index contributed by atoms with van der Waals surface area (Å²) in [6.07, 6.45) is 0. The number of aliphatic imine (C=N–C) groups is 1. The number of hydrogen-bond donors (Lipinski definition) is 1. The van der Waals surface area contributed by atoms with Crippen LogP contribution in [0.2, 0.25) is 0 Å². The van der Waals surface area contributed by atoms with Gasteiger partial charge in [0.2, 0.25) is 0 Å². The molecular weight excluding hydrogens is 450 g/mol. The number of nitriles is 1. The highest BCUT2D eigenvalue weighted by molar-refractivity contribution is 6.29. The van der Waals surface area contributed by atoms with E-state index in [4.69, 9.17) is 4.99 Å². The molecule has 0 amide bonds. The van der Waals surface area contributed by atoms with Gasteiger partial charge in [-0.2, -0.15) is 5.26 Å². The Balaban J connectivity index is 1.52. The van der Waals surface area contributed by atoms with Crippen LogP contribution in [0.3, 0.4) is 0 Å². The van der Waals surface area contributed by atoms with E-state index in [2.05, 4.69) is 78.1 Å². The summed E-state index contributed by atoms with van der Waals surface area (Å²) in [5.41, 5.74) is 5.82. The largest absolute Gasteiger partial charge is 0.352 e. The van der Waals surface area contributed by atoms with Crippen molar-refractivity contribution in [3.05, 3.63) is 138 Å². The maximum absolute atomic E-state index is 10.5. The van der Waals surface area contributed by atoms with Gasteiger partial charge in [-0.1, -0.05) is 103 Å². The highest BCUT2D eigenvalue weighted by atomic mass is 15.0. The van der Waals surface area contributed by atoms with Gasteiger partial charge < -0.3 is 5.32 Å². The summed E-state index contributed by atoms with van der Waals surface area (Å²) in [7, 11) is 0. The molecule has 6 aromatic carbocycles. The quantitative estimate of drug-likeness (QED) is 0.257. The normalized spacial score (nSPS) is 15.1. The van der Waals surface area contributed by atoms with E-state index >= 15 is 0 Å². The maximum atomic E-state index is 10.5. The fraction of sp³-hybridized carbons (Fsp3) is 0. The van der Waals surface area contributed by atoms with E-state index in [9.17, 15) is 5.26 Å². The molecule has 0 spiro atoms. The van der Waals surface area contributed by atoms with E-state index in [1.807, 2.05) is 54.6 Å². The van der Waals surface area contributed by atoms with Gasteiger partial charge in [0.1, 0.15) is 6.07 Å². The molecule has 1 N–H and O–H groups in total. The first-order valence-electron chi connectivity index (χ1n) is 12.3. The minimum Gasteiger partial charge on any atom is -0.352 e. The summed E-state index contributed by atoms with van der Waals surface area (Å²) in [6.45, 7) is 0. The van der Waals surface area contributed by atoms with Crippen LogP contribution in [0.4, 0.5) is 11.4 Å². The SMILES string of the molecule is N#C/C(=C1/Nc2c(ccc3ccccc23)C1=Nc1cccc2ccccc12)c1ccc2ccccc2c1. The van der Waals surface area contributed by atoms with Gasteiger partial charge in [0.05, 0.1) is 28.4 Å². The summed E-state index contributed by atoms with van der Waals surface area (Å²) in [5, 5.41) is 20.8. The van der Waals surface area contributed by atoms with Gasteiger partial charge in [-0.05, 0) is 45.3 Å². The second kappa shape index (κ2) is 8.48. The molecule has 0 saturated heterocycles. The Bertz CT molecular complexity index is 1970. The van der Waals surface area contributed by atoms with Crippen LogP contribution in [0.5, 0.6) is 0 Å². The van der Waals surface area contributed by atoms with Crippen LogP contribution in [0.25, 0.3) is 37.9 Å². The summed E-state index contributed by atoms with van der Waals surface area (Å²) in [6, 6.07) is 43.8. The molecule has 172 valence electrons. The Morgan fingerprint density at radius 2 is 1.27 bits per heavy atom. The van der Waals surface area contributed by atoms with E-state index in [-0.39, 0.29) is 0 Å². The molecule has 1 aliphatic rings. The van der Waals surface area contributed by atoms with Crippen molar-refractivity contribution in [2.45, 2.75) is 0 Å². The third-order valence-electron chi connectivity index (χ3n) is 7.07. The van der Waals surface area contributed by atoms with Crippen molar-refractivity contribution in [3.63, 3.8) is 0 Å². The third-order valence-corrected chi connectivity index (χ3v) is 7.07. The topological polar surface area (TPSA) is 48.2 Å². The standard InChI is InChI=1S/C34H21N3/c35-21-30(26-17-16-22-8-1-2-11-25(22)20-26)34-33(36-31-15-7-12-23-9-3-5-13-27(23)31)29-19-18-24-10-4-6-14-28(24)32(29)37-34/h1-20,37H/b34-30-,36-33?. The lowest BCUT2D eigenvalue weighted by molar-refractivity contribution is 1.49. The number of rotatable bonds is 2. The number of nitrogens with zero attached hydrogens (tertiary/aromatic N) is 2. The highest BCUT2D eigenvalue weighted by Crippen LogP contribution is 2.40. The Hall–Kier alpha value is -5.20. The molecule has 0 bridgehead atoms. The molecule has 6 aromatic rings. The molecule has 0 fully saturated rings. The van der Waals surface area contributed by atoms with Gasteiger partial charge in [0.25, 0.3) is 0 Å². The first kappa shape index (κ1) is 21.1. The predicted molar refractivity (Wildman–Crippen MR) is 154 cm³/mol. The van der Waals surface area contributed by atoms with E-state index < -0.39 is 0 Å². The van der Waals surface area contributed by atoms with Gasteiger partial charge in [0, 0.05) is 16.3 Å². The molecule has 37 heavy (non-hydrogen) atoms. The minimum absolute atomic E-state index is 0.574. The van der Waals surface area contributed by atoms with E-state index in [0.717, 1.165) is 66.2 Å². The molecule has 3 heteroatoms. The van der Waals surface area contributed by atoms with Crippen LogP contribution < -0.4 is 5.32 Å². The molecule has 0 radical (unpaired) electrons. The van der Waals surface area contributed by atoms with Crippen LogP contribution in [-0.4, -0.2) is 5.71 Å². The van der Waals surface area contributed by atoms with Crippen molar-refractivity contribution in [2.75, 3.05) is 5.32 Å². The Kier molecular flexibility index (Phi) is 4.84. The average Bonchev–Trinajstić information content (AvgIpc) is 3.32. The molecule has 0 aromatic heterocycles. The number of fused-ring (bicyclic) bond motifs is 5. The molecule has 3 nitrogen and oxygen atoms in total. The Morgan fingerprint density at radius 3 is 2.08 bits per heavy atom. The molecule has 1 heterocycles. The lowest BCUT2D eigenvalue weighted by Gasteiger charge is -2.09. The monoisotopic (exact) mass is 471 g/mol. The van der Waals surface area contributed by atoms with Crippen LogP contribution in [0.15, 0.2) is 132 Å². The Morgan fingerprint density at radius 1 is 0.622 bits per heavy atom. The molecule has 0 saturated carbocycles. The maximum Gasteiger partial charge on any atom is 0.102 e. The number of nitrogens with one attached hydrogen (secondary N) is 1. The van der Waals surface area contributed by atoms with E-state index in [0.29, 0.717) is 5.57 Å². The number of hydrogen-bond acceptors (Lipinski definition) is 3. The van der Waals surface area contributed by atoms with Crippen molar-refractivity contribution in [2.24, 2.45) is 4.99 Å². The van der Waals surface area contributed by atoms with Gasteiger partial charge in [0.15, 0.2) is 0 Å². The lowest BCUT2D eigenvalue weighted by Crippen LogP contribution is -2.06. The fourth-order valence-corrected chi connectivity index (χ4v) is 5.26. The first-order valence-corrected chi connectivity index (χ1v) is 12.3. The zero-order valence-corrected chi connectivity index (χ0v) is 19.9. The van der Waals surface area contributed by atoms with Crippen LogP contribution in [-0.2, 0) is 0 Å². The zero-order chi connectivity index (χ0) is 24.8. The number of allylic oxidation sites excluding steroid dienone is 2. The number of benzene rings is 6. The van der Waals surface area contributed by atoms with Gasteiger partial charge in [-0.25, -0.2) is 4.99 Å². The van der Waals surface area contributed by atoms with Crippen molar-refractivity contribution < 1.29 is 0 Å². The minimum atomic E-state index is 0.574. The van der Waals surface area contributed by atoms with Gasteiger partial charge >= 0.3 is 0 Å². The molecule has 0 aliphatic carbocycles. The lowest BCUT2D eigenvalue weighted by atomic mass is 9.97. The zero-order valence-electron chi connectivity index (χ0n) is 19.9. The second-order valence-electron chi connectivity index (χ2n) is 9.22. The smallest absolute Gasteiger partial charge is 0.102 e. The molecule has 7 rings (SSSR count). The second-order valence-corrected chi connectivity index (χ2v) is 9.22. The van der Waals surface area contributed by atoms with Crippen LogP contribution in [0, 0.1) is 11.3 Å². The van der Waals surface area contributed by atoms with Crippen molar-refractivity contribution in [1.82, 2.24) is 0 Å². The molecule has 1 aliphatic heterocycles. The van der Waals surface area contributed by atoms with Gasteiger partial charge in [-0.15, -0.1) is 0 Å². The number of anilines is 1. The Labute approximate surface area is 214 Å². The van der Waals surface area contributed by atoms with Gasteiger partial charge in [-0.3, -0.25) is 0 Å². The first-order chi connectivity index (χ1) is 18.3. The molecular formula is C34H21N3. The summed E-state index contributed by atoms with van der Waals surface area (Å²) in [5.74, 6) is 0. The average molecular weight is 472 g/mol. The highest BCUT2D eigenvalue weighted by Gasteiger charge is 2.28. The van der Waals surface area contributed by atoms with E-state index in [1.54, 1.807) is 0 Å². The fourth-order valence-electron chi connectivity index (χ4n) is 5.26. The van der Waals surface area contributed by atoms with E-state index in [1.165, 1.54) is 0 Å². The van der Waals surface area contributed by atoms with Crippen LogP contribution in [0.1, 0.15) is 11.1 Å².